The fraction of sp³-hybridized carbons (Fsp3) is 0.375. The summed E-state index contributed by atoms with van der Waals surface area (Å²) in [6.45, 7) is 1.46. The molecule has 4 atom stereocenters. The maximum Gasteiger partial charge on any atom is 0.324 e. The van der Waals surface area contributed by atoms with E-state index in [2.05, 4.69) is 5.32 Å². The van der Waals surface area contributed by atoms with E-state index in [0.29, 0.717) is 17.7 Å². The summed E-state index contributed by atoms with van der Waals surface area (Å²) in [6.07, 6.45) is 5.37. The monoisotopic (exact) mass is 524 g/mol. The van der Waals surface area contributed by atoms with Crippen LogP contribution in [0.15, 0.2) is 66.7 Å². The van der Waals surface area contributed by atoms with Gasteiger partial charge in [-0.1, -0.05) is 74.6 Å². The van der Waals surface area contributed by atoms with Crippen LogP contribution >= 0.6 is 0 Å². The normalized spacial score (nSPS) is 27.2. The minimum Gasteiger partial charge on any atom is -0.480 e. The molecule has 3 aliphatic rings. The fourth-order valence-electron chi connectivity index (χ4n) is 7.21. The number of nitrogens with one attached hydrogen (secondary N) is 1. The van der Waals surface area contributed by atoms with Gasteiger partial charge in [0.1, 0.15) is 5.54 Å². The molecular formula is C32H32N2O5. The minimum atomic E-state index is -1.56. The molecule has 2 amide bonds. The van der Waals surface area contributed by atoms with Crippen molar-refractivity contribution in [2.45, 2.75) is 57.0 Å². The summed E-state index contributed by atoms with van der Waals surface area (Å²) >= 11 is 0. The van der Waals surface area contributed by atoms with Gasteiger partial charge in [0.25, 0.3) is 0 Å². The van der Waals surface area contributed by atoms with E-state index >= 15 is 0 Å². The van der Waals surface area contributed by atoms with Gasteiger partial charge in [0, 0.05) is 11.6 Å². The summed E-state index contributed by atoms with van der Waals surface area (Å²) in [6, 6.07) is 19.4. The lowest BCUT2D eigenvalue weighted by Gasteiger charge is -2.35. The summed E-state index contributed by atoms with van der Waals surface area (Å²) in [5.41, 5.74) is 0.100. The summed E-state index contributed by atoms with van der Waals surface area (Å²) in [4.78, 5) is 54.5. The lowest BCUT2D eigenvalue weighted by molar-refractivity contribution is -0.150. The second-order valence-electron chi connectivity index (χ2n) is 11.3. The number of fused-ring (bicyclic) bond motifs is 2. The number of carbonyl (C=O) groups excluding carboxylic acids is 3. The Kier molecular flexibility index (Phi) is 6.34. The molecule has 4 unspecified atom stereocenters. The molecule has 0 spiro atoms. The third-order valence-corrected chi connectivity index (χ3v) is 9.06. The predicted molar refractivity (Wildman–Crippen MR) is 147 cm³/mol. The largest absolute Gasteiger partial charge is 0.480 e. The van der Waals surface area contributed by atoms with E-state index in [-0.39, 0.29) is 11.7 Å². The molecule has 2 saturated heterocycles. The lowest BCUT2D eigenvalue weighted by Crippen LogP contribution is -2.57. The zero-order chi connectivity index (χ0) is 27.3. The molecule has 1 aliphatic carbocycles. The van der Waals surface area contributed by atoms with Crippen LogP contribution in [-0.4, -0.2) is 34.2 Å². The Hall–Kier alpha value is -3.84. The molecule has 0 bridgehead atoms. The molecule has 3 fully saturated rings. The van der Waals surface area contributed by atoms with Crippen LogP contribution in [0.1, 0.15) is 67.4 Å². The topological polar surface area (TPSA) is 104 Å². The molecule has 0 aromatic heterocycles. The number of amides is 2. The van der Waals surface area contributed by atoms with Crippen molar-refractivity contribution in [2.24, 2.45) is 17.8 Å². The minimum absolute atomic E-state index is 0.116. The highest BCUT2D eigenvalue weighted by atomic mass is 16.4. The first-order valence-corrected chi connectivity index (χ1v) is 13.8. The zero-order valence-electron chi connectivity index (χ0n) is 21.9. The average Bonchev–Trinajstić information content (AvgIpc) is 3.42. The third-order valence-electron chi connectivity index (χ3n) is 9.06. The molecule has 200 valence electrons. The number of benzene rings is 3. The molecule has 7 heteroatoms. The first-order chi connectivity index (χ1) is 18.8. The van der Waals surface area contributed by atoms with Crippen LogP contribution in [0.25, 0.3) is 10.8 Å². The number of carboxylic acids is 1. The number of hydrogen-bond acceptors (Lipinski definition) is 5. The fourth-order valence-corrected chi connectivity index (χ4v) is 7.21. The SMILES string of the molecule is CC(=O)c1ccc(N2C(=O)C3C(c4cccc5ccccc45)NC(CC4CCCCC4)(C(=O)O)C3C2=O)cc1. The Balaban J connectivity index is 1.49. The van der Waals surface area contributed by atoms with Crippen molar-refractivity contribution in [2.75, 3.05) is 4.90 Å². The summed E-state index contributed by atoms with van der Waals surface area (Å²) in [7, 11) is 0. The summed E-state index contributed by atoms with van der Waals surface area (Å²) in [5.74, 6) is -3.83. The van der Waals surface area contributed by atoms with Crippen molar-refractivity contribution in [1.29, 1.82) is 0 Å². The molecule has 3 aromatic carbocycles. The van der Waals surface area contributed by atoms with Gasteiger partial charge < -0.3 is 5.11 Å². The Labute approximate surface area is 227 Å². The number of nitrogens with zero attached hydrogens (tertiary/aromatic N) is 1. The molecule has 1 saturated carbocycles. The van der Waals surface area contributed by atoms with Crippen molar-refractivity contribution >= 4 is 40.0 Å². The van der Waals surface area contributed by atoms with Gasteiger partial charge >= 0.3 is 5.97 Å². The van der Waals surface area contributed by atoms with Crippen LogP contribution in [0.4, 0.5) is 5.69 Å². The smallest absolute Gasteiger partial charge is 0.324 e. The van der Waals surface area contributed by atoms with E-state index in [1.54, 1.807) is 24.3 Å². The van der Waals surface area contributed by atoms with E-state index < -0.39 is 41.2 Å². The number of hydrogen-bond donors (Lipinski definition) is 2. The zero-order valence-corrected chi connectivity index (χ0v) is 21.9. The van der Waals surface area contributed by atoms with Gasteiger partial charge in [0.15, 0.2) is 5.78 Å². The number of carboxylic acid groups (broad SMARTS) is 1. The second kappa shape index (κ2) is 9.72. The van der Waals surface area contributed by atoms with Crippen LogP contribution in [0.5, 0.6) is 0 Å². The molecule has 2 heterocycles. The van der Waals surface area contributed by atoms with E-state index in [1.165, 1.54) is 6.92 Å². The predicted octanol–water partition coefficient (Wildman–Crippen LogP) is 5.29. The van der Waals surface area contributed by atoms with Crippen LogP contribution in [0, 0.1) is 17.8 Å². The molecule has 3 aromatic rings. The Bertz CT molecular complexity index is 1470. The van der Waals surface area contributed by atoms with Crippen LogP contribution in [0.2, 0.25) is 0 Å². The van der Waals surface area contributed by atoms with Gasteiger partial charge in [-0.05, 0) is 59.9 Å². The standard InChI is InChI=1S/C32H32N2O5/c1-19(35)21-14-16-23(17-15-21)34-29(36)26-27(30(34)37)32(31(38)39,18-20-8-3-2-4-9-20)33-28(26)25-13-7-11-22-10-5-6-12-24(22)25/h5-7,10-17,20,26-28,33H,2-4,8-9,18H2,1H3,(H,38,39). The Morgan fingerprint density at radius 2 is 1.62 bits per heavy atom. The highest BCUT2D eigenvalue weighted by molar-refractivity contribution is 6.24. The van der Waals surface area contributed by atoms with Gasteiger partial charge in [-0.2, -0.15) is 0 Å². The third kappa shape index (κ3) is 4.07. The lowest BCUT2D eigenvalue weighted by atomic mass is 9.72. The van der Waals surface area contributed by atoms with Crippen molar-refractivity contribution in [3.8, 4) is 0 Å². The van der Waals surface area contributed by atoms with E-state index in [0.717, 1.165) is 53.3 Å². The number of Topliss-reactive ketones (excluding diaryl/α,β-unsaturated/α-hetero) is 1. The van der Waals surface area contributed by atoms with E-state index in [1.807, 2.05) is 42.5 Å². The molecular weight excluding hydrogens is 492 g/mol. The van der Waals surface area contributed by atoms with Gasteiger partial charge in [-0.25, -0.2) is 4.90 Å². The molecule has 2 N–H and O–H groups in total. The van der Waals surface area contributed by atoms with Crippen LogP contribution in [0.3, 0.4) is 0 Å². The quantitative estimate of drug-likeness (QED) is 0.336. The first kappa shape index (κ1) is 25.4. The number of imide groups is 1. The van der Waals surface area contributed by atoms with Gasteiger partial charge in [-0.15, -0.1) is 0 Å². The molecule has 7 nitrogen and oxygen atoms in total. The summed E-state index contributed by atoms with van der Waals surface area (Å²) in [5, 5.41) is 16.1. The highest BCUT2D eigenvalue weighted by Gasteiger charge is 2.69. The number of aliphatic carboxylic acids is 1. The molecule has 2 aliphatic heterocycles. The molecule has 6 rings (SSSR count). The van der Waals surface area contributed by atoms with Crippen molar-refractivity contribution < 1.29 is 24.3 Å². The van der Waals surface area contributed by atoms with Gasteiger partial charge in [0.2, 0.25) is 11.8 Å². The van der Waals surface area contributed by atoms with Crippen LogP contribution in [-0.2, 0) is 14.4 Å². The molecule has 39 heavy (non-hydrogen) atoms. The van der Waals surface area contributed by atoms with Gasteiger partial charge in [-0.3, -0.25) is 24.5 Å². The number of rotatable bonds is 6. The molecule has 0 radical (unpaired) electrons. The maximum atomic E-state index is 14.2. The van der Waals surface area contributed by atoms with Crippen molar-refractivity contribution in [3.63, 3.8) is 0 Å². The first-order valence-electron chi connectivity index (χ1n) is 13.8. The number of anilines is 1. The second-order valence-corrected chi connectivity index (χ2v) is 11.3. The highest BCUT2D eigenvalue weighted by Crippen LogP contribution is 2.53. The van der Waals surface area contributed by atoms with E-state index in [9.17, 15) is 24.3 Å². The Morgan fingerprint density at radius 3 is 2.31 bits per heavy atom. The Morgan fingerprint density at radius 1 is 0.923 bits per heavy atom. The average molecular weight is 525 g/mol. The van der Waals surface area contributed by atoms with Crippen molar-refractivity contribution in [3.05, 3.63) is 77.9 Å². The number of ketones is 1. The van der Waals surface area contributed by atoms with Crippen molar-refractivity contribution in [1.82, 2.24) is 5.32 Å². The van der Waals surface area contributed by atoms with Crippen LogP contribution < -0.4 is 10.2 Å². The van der Waals surface area contributed by atoms with E-state index in [4.69, 9.17) is 0 Å². The summed E-state index contributed by atoms with van der Waals surface area (Å²) < 4.78 is 0. The number of carbonyl (C=O) groups is 4. The maximum absolute atomic E-state index is 14.2. The van der Waals surface area contributed by atoms with Gasteiger partial charge in [0.05, 0.1) is 17.5 Å².